The summed E-state index contributed by atoms with van der Waals surface area (Å²) in [5.41, 5.74) is 0. The molecule has 0 saturated carbocycles. The van der Waals surface area contributed by atoms with Crippen LogP contribution in [0.25, 0.3) is 0 Å². The van der Waals surface area contributed by atoms with Crippen molar-refractivity contribution in [2.24, 2.45) is 0 Å². The third kappa shape index (κ3) is 8.71. The lowest BCUT2D eigenvalue weighted by molar-refractivity contribution is -0.121. The molecule has 0 aliphatic carbocycles. The standard InChI is InChI=1S/C9H16N4O2/c1-7(2)13-9(15)6-11-5-8(14)12-4-3-10/h7,11H,4-6H2,1-2H3,(H,12,14)(H,13,15). The SMILES string of the molecule is CC(C)NC(=O)CNCC(=O)NCC#N. The molecule has 0 aromatic rings. The second-order valence-corrected chi connectivity index (χ2v) is 3.26. The summed E-state index contributed by atoms with van der Waals surface area (Å²) < 4.78 is 0. The van der Waals surface area contributed by atoms with E-state index in [9.17, 15) is 9.59 Å². The lowest BCUT2D eigenvalue weighted by Gasteiger charge is -2.08. The van der Waals surface area contributed by atoms with Gasteiger partial charge in [0.05, 0.1) is 19.2 Å². The number of rotatable bonds is 6. The van der Waals surface area contributed by atoms with Crippen LogP contribution in [0.2, 0.25) is 0 Å². The summed E-state index contributed by atoms with van der Waals surface area (Å²) in [7, 11) is 0. The normalized spacial score (nSPS) is 9.47. The molecule has 0 spiro atoms. The summed E-state index contributed by atoms with van der Waals surface area (Å²) in [6.45, 7) is 3.83. The molecule has 0 radical (unpaired) electrons. The second-order valence-electron chi connectivity index (χ2n) is 3.26. The Bertz CT molecular complexity index is 257. The zero-order chi connectivity index (χ0) is 11.7. The summed E-state index contributed by atoms with van der Waals surface area (Å²) >= 11 is 0. The summed E-state index contributed by atoms with van der Waals surface area (Å²) in [6, 6.07) is 1.87. The third-order valence-electron chi connectivity index (χ3n) is 1.39. The van der Waals surface area contributed by atoms with Gasteiger partial charge in [-0.25, -0.2) is 0 Å². The fraction of sp³-hybridized carbons (Fsp3) is 0.667. The molecule has 0 unspecified atom stereocenters. The molecular weight excluding hydrogens is 196 g/mol. The first kappa shape index (κ1) is 13.4. The molecule has 0 aromatic carbocycles. The van der Waals surface area contributed by atoms with Crippen molar-refractivity contribution in [2.75, 3.05) is 19.6 Å². The first-order valence-electron chi connectivity index (χ1n) is 4.70. The lowest BCUT2D eigenvalue weighted by Crippen LogP contribution is -2.41. The van der Waals surface area contributed by atoms with E-state index >= 15 is 0 Å². The van der Waals surface area contributed by atoms with Crippen LogP contribution in [0.15, 0.2) is 0 Å². The van der Waals surface area contributed by atoms with E-state index in [2.05, 4.69) is 16.0 Å². The van der Waals surface area contributed by atoms with E-state index in [0.717, 1.165) is 0 Å². The summed E-state index contributed by atoms with van der Waals surface area (Å²) in [4.78, 5) is 22.0. The fourth-order valence-electron chi connectivity index (χ4n) is 0.863. The molecule has 84 valence electrons. The highest BCUT2D eigenvalue weighted by Crippen LogP contribution is 1.75. The van der Waals surface area contributed by atoms with Crippen LogP contribution in [0.1, 0.15) is 13.8 Å². The van der Waals surface area contributed by atoms with Crippen molar-refractivity contribution in [3.8, 4) is 6.07 Å². The Balaban J connectivity index is 3.49. The van der Waals surface area contributed by atoms with Crippen LogP contribution in [-0.4, -0.2) is 37.5 Å². The van der Waals surface area contributed by atoms with Gasteiger partial charge in [-0.3, -0.25) is 14.9 Å². The maximum atomic E-state index is 11.1. The van der Waals surface area contributed by atoms with Crippen molar-refractivity contribution < 1.29 is 9.59 Å². The largest absolute Gasteiger partial charge is 0.353 e. The van der Waals surface area contributed by atoms with Crippen LogP contribution in [0, 0.1) is 11.3 Å². The van der Waals surface area contributed by atoms with E-state index in [-0.39, 0.29) is 37.5 Å². The Kier molecular flexibility index (Phi) is 6.93. The van der Waals surface area contributed by atoms with Crippen LogP contribution in [-0.2, 0) is 9.59 Å². The molecule has 0 atom stereocenters. The predicted molar refractivity (Wildman–Crippen MR) is 54.8 cm³/mol. The van der Waals surface area contributed by atoms with Gasteiger partial charge in [-0.1, -0.05) is 0 Å². The van der Waals surface area contributed by atoms with Gasteiger partial charge in [-0.05, 0) is 13.8 Å². The van der Waals surface area contributed by atoms with E-state index < -0.39 is 0 Å². The van der Waals surface area contributed by atoms with Gasteiger partial charge < -0.3 is 10.6 Å². The van der Waals surface area contributed by atoms with E-state index in [0.29, 0.717) is 0 Å². The maximum absolute atomic E-state index is 11.1. The van der Waals surface area contributed by atoms with Crippen LogP contribution in [0.3, 0.4) is 0 Å². The predicted octanol–water partition coefficient (Wildman–Crippen LogP) is -1.26. The smallest absolute Gasteiger partial charge is 0.234 e. The average Bonchev–Trinajstić information content (AvgIpc) is 2.13. The highest BCUT2D eigenvalue weighted by Gasteiger charge is 2.04. The number of nitriles is 1. The van der Waals surface area contributed by atoms with Crippen molar-refractivity contribution in [1.82, 2.24) is 16.0 Å². The Morgan fingerprint density at radius 3 is 2.40 bits per heavy atom. The molecule has 6 heteroatoms. The molecule has 6 nitrogen and oxygen atoms in total. The minimum atomic E-state index is -0.297. The van der Waals surface area contributed by atoms with E-state index in [1.807, 2.05) is 13.8 Å². The second kappa shape index (κ2) is 7.76. The van der Waals surface area contributed by atoms with Crippen molar-refractivity contribution >= 4 is 11.8 Å². The first-order valence-corrected chi connectivity index (χ1v) is 4.70. The molecule has 0 saturated heterocycles. The molecule has 0 rings (SSSR count). The molecule has 0 heterocycles. The van der Waals surface area contributed by atoms with Crippen molar-refractivity contribution in [3.05, 3.63) is 0 Å². The molecule has 0 aromatic heterocycles. The first-order chi connectivity index (χ1) is 7.06. The number of hydrogen-bond acceptors (Lipinski definition) is 4. The Labute approximate surface area is 89.0 Å². The Morgan fingerprint density at radius 2 is 1.87 bits per heavy atom. The quantitative estimate of drug-likeness (QED) is 0.479. The maximum Gasteiger partial charge on any atom is 0.234 e. The zero-order valence-corrected chi connectivity index (χ0v) is 8.96. The molecule has 15 heavy (non-hydrogen) atoms. The van der Waals surface area contributed by atoms with Gasteiger partial charge in [-0.2, -0.15) is 5.26 Å². The van der Waals surface area contributed by atoms with Crippen molar-refractivity contribution in [2.45, 2.75) is 19.9 Å². The van der Waals surface area contributed by atoms with Crippen molar-refractivity contribution in [3.63, 3.8) is 0 Å². The van der Waals surface area contributed by atoms with Crippen molar-refractivity contribution in [1.29, 1.82) is 5.26 Å². The molecule has 2 amide bonds. The van der Waals surface area contributed by atoms with Gasteiger partial charge in [0.2, 0.25) is 11.8 Å². The number of amides is 2. The van der Waals surface area contributed by atoms with E-state index in [1.165, 1.54) is 0 Å². The summed E-state index contributed by atoms with van der Waals surface area (Å²) in [5, 5.41) is 15.9. The van der Waals surface area contributed by atoms with E-state index in [4.69, 9.17) is 5.26 Å². The number of carbonyl (C=O) groups is 2. The fourth-order valence-corrected chi connectivity index (χ4v) is 0.863. The minimum absolute atomic E-state index is 0.0152. The topological polar surface area (TPSA) is 94.0 Å². The van der Waals surface area contributed by atoms with Gasteiger partial charge in [0, 0.05) is 6.04 Å². The molecule has 0 aliphatic rings. The monoisotopic (exact) mass is 212 g/mol. The third-order valence-corrected chi connectivity index (χ3v) is 1.39. The molecule has 0 aliphatic heterocycles. The highest BCUT2D eigenvalue weighted by atomic mass is 16.2. The molecule has 3 N–H and O–H groups in total. The number of hydrogen-bond donors (Lipinski definition) is 3. The van der Waals surface area contributed by atoms with Crippen LogP contribution >= 0.6 is 0 Å². The highest BCUT2D eigenvalue weighted by molar-refractivity contribution is 5.81. The number of nitrogens with zero attached hydrogens (tertiary/aromatic N) is 1. The zero-order valence-electron chi connectivity index (χ0n) is 8.96. The van der Waals surface area contributed by atoms with Crippen LogP contribution < -0.4 is 16.0 Å². The van der Waals surface area contributed by atoms with Crippen LogP contribution in [0.5, 0.6) is 0 Å². The molecule has 0 bridgehead atoms. The van der Waals surface area contributed by atoms with Gasteiger partial charge in [0.1, 0.15) is 6.54 Å². The average molecular weight is 212 g/mol. The van der Waals surface area contributed by atoms with Gasteiger partial charge in [0.15, 0.2) is 0 Å². The van der Waals surface area contributed by atoms with Gasteiger partial charge in [0.25, 0.3) is 0 Å². The Hall–Kier alpha value is -1.61. The van der Waals surface area contributed by atoms with Gasteiger partial charge >= 0.3 is 0 Å². The number of carbonyl (C=O) groups excluding carboxylic acids is 2. The Morgan fingerprint density at radius 1 is 1.27 bits per heavy atom. The minimum Gasteiger partial charge on any atom is -0.353 e. The summed E-state index contributed by atoms with van der Waals surface area (Å²) in [5.74, 6) is -0.452. The number of nitrogens with one attached hydrogen (secondary N) is 3. The molecule has 0 fully saturated rings. The summed E-state index contributed by atoms with van der Waals surface area (Å²) in [6.07, 6.45) is 0. The van der Waals surface area contributed by atoms with E-state index in [1.54, 1.807) is 6.07 Å². The lowest BCUT2D eigenvalue weighted by atomic mass is 10.4. The molecular formula is C9H16N4O2. The van der Waals surface area contributed by atoms with Gasteiger partial charge in [-0.15, -0.1) is 0 Å². The van der Waals surface area contributed by atoms with Crippen LogP contribution in [0.4, 0.5) is 0 Å².